The van der Waals surface area contributed by atoms with E-state index in [1.165, 1.54) is 30.0 Å². The van der Waals surface area contributed by atoms with Gasteiger partial charge in [0.1, 0.15) is 23.9 Å². The number of hydrogen-bond acceptors (Lipinski definition) is 2. The van der Waals surface area contributed by atoms with Crippen LogP contribution in [-0.2, 0) is 13.0 Å². The number of methoxy groups -OCH3 is 1. The van der Waals surface area contributed by atoms with Gasteiger partial charge >= 0.3 is 0 Å². The van der Waals surface area contributed by atoms with Crippen molar-refractivity contribution in [3.63, 3.8) is 0 Å². The first-order valence-corrected chi connectivity index (χ1v) is 12.1. The molecule has 0 N–H and O–H groups in total. The van der Waals surface area contributed by atoms with Crippen LogP contribution in [0.3, 0.4) is 0 Å². The van der Waals surface area contributed by atoms with E-state index in [4.69, 9.17) is 9.47 Å². The van der Waals surface area contributed by atoms with Gasteiger partial charge in [-0.05, 0) is 83.2 Å². The highest BCUT2D eigenvalue weighted by atomic mass is 19.1. The van der Waals surface area contributed by atoms with Crippen LogP contribution in [0.25, 0.3) is 11.1 Å². The number of aryl methyl sites for hydroxylation is 1. The molecule has 174 valence electrons. The average molecular weight is 447 g/mol. The molecule has 1 unspecified atom stereocenters. The molecule has 0 heterocycles. The van der Waals surface area contributed by atoms with Gasteiger partial charge in [0.25, 0.3) is 0 Å². The lowest BCUT2D eigenvalue weighted by Crippen LogP contribution is -2.17. The van der Waals surface area contributed by atoms with Crippen molar-refractivity contribution in [3.05, 3.63) is 83.2 Å². The minimum absolute atomic E-state index is 0.179. The van der Waals surface area contributed by atoms with Crippen LogP contribution in [0.1, 0.15) is 69.1 Å². The lowest BCUT2D eigenvalue weighted by Gasteiger charge is -2.30. The summed E-state index contributed by atoms with van der Waals surface area (Å²) in [5.41, 5.74) is 5.36. The molecule has 3 aromatic rings. The quantitative estimate of drug-likeness (QED) is 0.346. The molecule has 1 atom stereocenters. The molecule has 0 saturated heterocycles. The Morgan fingerprint density at radius 3 is 2.52 bits per heavy atom. The molecule has 4 rings (SSSR count). The van der Waals surface area contributed by atoms with Crippen LogP contribution in [0.4, 0.5) is 4.39 Å². The second-order valence-corrected chi connectivity index (χ2v) is 9.89. The van der Waals surface area contributed by atoms with Gasteiger partial charge in [-0.15, -0.1) is 0 Å². The zero-order valence-electron chi connectivity index (χ0n) is 20.3. The predicted molar refractivity (Wildman–Crippen MR) is 134 cm³/mol. The summed E-state index contributed by atoms with van der Waals surface area (Å²) in [6.45, 7) is 7.35. The minimum Gasteiger partial charge on any atom is -0.497 e. The summed E-state index contributed by atoms with van der Waals surface area (Å²) in [7, 11) is 1.62. The Hall–Kier alpha value is -2.81. The number of ether oxygens (including phenoxy) is 2. The first-order valence-electron chi connectivity index (χ1n) is 12.1. The van der Waals surface area contributed by atoms with E-state index in [1.807, 2.05) is 12.1 Å². The maximum atomic E-state index is 14.9. The molecule has 1 fully saturated rings. The summed E-state index contributed by atoms with van der Waals surface area (Å²) in [5, 5.41) is 0. The summed E-state index contributed by atoms with van der Waals surface area (Å²) in [4.78, 5) is 0. The van der Waals surface area contributed by atoms with E-state index >= 15 is 0 Å². The fourth-order valence-corrected chi connectivity index (χ4v) is 5.22. The Kier molecular flexibility index (Phi) is 7.07. The van der Waals surface area contributed by atoms with Gasteiger partial charge in [0, 0.05) is 5.56 Å². The van der Waals surface area contributed by atoms with Gasteiger partial charge in [0.15, 0.2) is 0 Å². The fraction of sp³-hybridized carbons (Fsp3) is 0.400. The zero-order chi connectivity index (χ0) is 23.4. The van der Waals surface area contributed by atoms with Crippen LogP contribution in [0.5, 0.6) is 11.5 Å². The van der Waals surface area contributed by atoms with Crippen molar-refractivity contribution in [1.82, 2.24) is 0 Å². The summed E-state index contributed by atoms with van der Waals surface area (Å²) in [5.74, 6) is 1.73. The fourth-order valence-electron chi connectivity index (χ4n) is 5.22. The Labute approximate surface area is 197 Å². The molecule has 33 heavy (non-hydrogen) atoms. The van der Waals surface area contributed by atoms with Gasteiger partial charge in [0.2, 0.25) is 0 Å². The van der Waals surface area contributed by atoms with Crippen molar-refractivity contribution in [2.45, 2.75) is 65.4 Å². The van der Waals surface area contributed by atoms with E-state index in [-0.39, 0.29) is 11.2 Å². The van der Waals surface area contributed by atoms with Gasteiger partial charge in [-0.1, -0.05) is 63.9 Å². The van der Waals surface area contributed by atoms with E-state index in [9.17, 15) is 4.39 Å². The van der Waals surface area contributed by atoms with Crippen LogP contribution in [0, 0.1) is 11.2 Å². The Balaban J connectivity index is 1.68. The van der Waals surface area contributed by atoms with Gasteiger partial charge in [-0.25, -0.2) is 4.39 Å². The summed E-state index contributed by atoms with van der Waals surface area (Å²) < 4.78 is 26.5. The lowest BCUT2D eigenvalue weighted by molar-refractivity contribution is 0.304. The van der Waals surface area contributed by atoms with Gasteiger partial charge in [-0.2, -0.15) is 0 Å². The third-order valence-corrected chi connectivity index (χ3v) is 7.05. The monoisotopic (exact) mass is 446 g/mol. The summed E-state index contributed by atoms with van der Waals surface area (Å²) in [6, 6.07) is 19.7. The number of hydrogen-bond donors (Lipinski definition) is 0. The zero-order valence-corrected chi connectivity index (χ0v) is 20.3. The number of rotatable bonds is 8. The van der Waals surface area contributed by atoms with Crippen LogP contribution in [0.15, 0.2) is 60.7 Å². The molecule has 1 aliphatic rings. The van der Waals surface area contributed by atoms with E-state index in [0.29, 0.717) is 23.8 Å². The van der Waals surface area contributed by atoms with E-state index in [2.05, 4.69) is 57.2 Å². The molecule has 0 aromatic heterocycles. The smallest absolute Gasteiger partial charge is 0.131 e. The van der Waals surface area contributed by atoms with Crippen LogP contribution in [-0.4, -0.2) is 7.11 Å². The molecule has 0 aliphatic heterocycles. The molecule has 0 amide bonds. The first-order chi connectivity index (χ1) is 15.9. The SMILES string of the molecule is CCCc1cccc(OCc2ccc(-c3cc(OC)ccc3F)c(C3CCCC3(C)C)c2)c1. The standard InChI is InChI=1S/C30H35FO2/c1-5-8-21-9-6-10-24(17-21)33-20-22-12-14-25(27-19-23(32-4)13-15-29(27)31)26(18-22)28-11-7-16-30(28,2)3/h6,9-10,12-15,17-19,28H,5,7-8,11,16,20H2,1-4H3. The topological polar surface area (TPSA) is 18.5 Å². The second kappa shape index (κ2) is 9.99. The highest BCUT2D eigenvalue weighted by Crippen LogP contribution is 2.51. The van der Waals surface area contributed by atoms with E-state index in [0.717, 1.165) is 36.1 Å². The highest BCUT2D eigenvalue weighted by Gasteiger charge is 2.37. The third kappa shape index (κ3) is 5.24. The molecular formula is C30H35FO2. The molecular weight excluding hydrogens is 411 g/mol. The Bertz CT molecular complexity index is 1100. The van der Waals surface area contributed by atoms with E-state index < -0.39 is 0 Å². The average Bonchev–Trinajstić information content (AvgIpc) is 3.17. The largest absolute Gasteiger partial charge is 0.497 e. The Morgan fingerprint density at radius 2 is 1.79 bits per heavy atom. The molecule has 1 saturated carbocycles. The molecule has 3 aromatic carbocycles. The maximum Gasteiger partial charge on any atom is 0.131 e. The first kappa shape index (κ1) is 23.4. The van der Waals surface area contributed by atoms with Crippen LogP contribution in [0.2, 0.25) is 0 Å². The highest BCUT2D eigenvalue weighted by molar-refractivity contribution is 5.71. The number of halogens is 1. The van der Waals surface area contributed by atoms with E-state index in [1.54, 1.807) is 13.2 Å². The summed E-state index contributed by atoms with van der Waals surface area (Å²) in [6.07, 6.45) is 5.67. The van der Waals surface area contributed by atoms with Crippen molar-refractivity contribution in [1.29, 1.82) is 0 Å². The molecule has 2 nitrogen and oxygen atoms in total. The van der Waals surface area contributed by atoms with Crippen molar-refractivity contribution in [3.8, 4) is 22.6 Å². The van der Waals surface area contributed by atoms with Gasteiger partial charge in [-0.3, -0.25) is 0 Å². The third-order valence-electron chi connectivity index (χ3n) is 7.05. The summed E-state index contributed by atoms with van der Waals surface area (Å²) >= 11 is 0. The van der Waals surface area contributed by atoms with Crippen LogP contribution < -0.4 is 9.47 Å². The number of benzene rings is 3. The minimum atomic E-state index is -0.218. The van der Waals surface area contributed by atoms with Crippen LogP contribution >= 0.6 is 0 Å². The Morgan fingerprint density at radius 1 is 0.939 bits per heavy atom. The second-order valence-electron chi connectivity index (χ2n) is 9.89. The van der Waals surface area contributed by atoms with Crippen molar-refractivity contribution < 1.29 is 13.9 Å². The molecule has 0 spiro atoms. The lowest BCUT2D eigenvalue weighted by atomic mass is 9.75. The van der Waals surface area contributed by atoms with Gasteiger partial charge in [0.05, 0.1) is 7.11 Å². The van der Waals surface area contributed by atoms with Crippen molar-refractivity contribution in [2.75, 3.05) is 7.11 Å². The maximum absolute atomic E-state index is 14.9. The molecule has 0 radical (unpaired) electrons. The predicted octanol–water partition coefficient (Wildman–Crippen LogP) is 8.33. The molecule has 1 aliphatic carbocycles. The van der Waals surface area contributed by atoms with Crippen molar-refractivity contribution in [2.24, 2.45) is 5.41 Å². The normalized spacial score (nSPS) is 17.2. The molecule has 0 bridgehead atoms. The van der Waals surface area contributed by atoms with Crippen molar-refractivity contribution >= 4 is 0 Å². The molecule has 3 heteroatoms. The van der Waals surface area contributed by atoms with Gasteiger partial charge < -0.3 is 9.47 Å².